The molecule has 106 valence electrons. The van der Waals surface area contributed by atoms with Crippen molar-refractivity contribution in [1.29, 1.82) is 0 Å². The van der Waals surface area contributed by atoms with Gasteiger partial charge in [-0.15, -0.1) is 0 Å². The fourth-order valence-corrected chi connectivity index (χ4v) is 2.77. The van der Waals surface area contributed by atoms with Gasteiger partial charge < -0.3 is 5.11 Å². The van der Waals surface area contributed by atoms with Crippen molar-refractivity contribution in [3.8, 4) is 0 Å². The smallest absolute Gasteiger partial charge is 0.0830 e. The highest BCUT2D eigenvalue weighted by Crippen LogP contribution is 2.23. The van der Waals surface area contributed by atoms with E-state index in [4.69, 9.17) is 0 Å². The molecule has 1 atom stereocenters. The molecule has 0 amide bonds. The molecule has 0 saturated carbocycles. The van der Waals surface area contributed by atoms with Crippen LogP contribution >= 0.6 is 22.6 Å². The van der Waals surface area contributed by atoms with Crippen LogP contribution in [-0.2, 0) is 6.42 Å². The zero-order valence-electron chi connectivity index (χ0n) is 11.8. The molecule has 2 aromatic carbocycles. The number of halogens is 1. The molecule has 1 aromatic heterocycles. The molecule has 0 spiro atoms. The van der Waals surface area contributed by atoms with Crippen LogP contribution in [0.2, 0.25) is 0 Å². The van der Waals surface area contributed by atoms with Crippen LogP contribution < -0.4 is 0 Å². The van der Waals surface area contributed by atoms with Gasteiger partial charge in [0.1, 0.15) is 0 Å². The molecular weight excluding hydrogens is 373 g/mol. The van der Waals surface area contributed by atoms with E-state index < -0.39 is 6.10 Å². The van der Waals surface area contributed by atoms with Gasteiger partial charge in [-0.25, -0.2) is 0 Å². The number of rotatable bonds is 3. The molecule has 0 fully saturated rings. The van der Waals surface area contributed by atoms with Gasteiger partial charge in [0.2, 0.25) is 0 Å². The average Bonchev–Trinajstić information content (AvgIpc) is 2.49. The first-order valence-corrected chi connectivity index (χ1v) is 7.99. The molecule has 0 aliphatic carbocycles. The SMILES string of the molecule is Cc1ccc2cc(C(O)Cc3ccc(I)cc3)ccc2n1. The van der Waals surface area contributed by atoms with E-state index in [9.17, 15) is 5.11 Å². The summed E-state index contributed by atoms with van der Waals surface area (Å²) in [5.41, 5.74) is 4.06. The Balaban J connectivity index is 1.85. The maximum atomic E-state index is 10.4. The summed E-state index contributed by atoms with van der Waals surface area (Å²) in [6.45, 7) is 1.99. The second-order valence-corrected chi connectivity index (χ2v) is 6.50. The van der Waals surface area contributed by atoms with Crippen LogP contribution in [0.15, 0.2) is 54.6 Å². The molecule has 0 radical (unpaired) electrons. The maximum Gasteiger partial charge on any atom is 0.0830 e. The summed E-state index contributed by atoms with van der Waals surface area (Å²) in [7, 11) is 0. The predicted molar refractivity (Wildman–Crippen MR) is 94.3 cm³/mol. The number of hydrogen-bond donors (Lipinski definition) is 1. The first-order chi connectivity index (χ1) is 10.1. The molecular formula is C18H16INO. The third-order valence-corrected chi connectivity index (χ3v) is 4.30. The van der Waals surface area contributed by atoms with Crippen molar-refractivity contribution in [2.75, 3.05) is 0 Å². The summed E-state index contributed by atoms with van der Waals surface area (Å²) in [5.74, 6) is 0. The maximum absolute atomic E-state index is 10.4. The lowest BCUT2D eigenvalue weighted by atomic mass is 10.00. The summed E-state index contributed by atoms with van der Waals surface area (Å²) in [4.78, 5) is 4.49. The largest absolute Gasteiger partial charge is 0.388 e. The van der Waals surface area contributed by atoms with Crippen LogP contribution in [0.4, 0.5) is 0 Å². The van der Waals surface area contributed by atoms with E-state index in [0.29, 0.717) is 6.42 Å². The van der Waals surface area contributed by atoms with Crippen molar-refractivity contribution in [3.05, 3.63) is 75.0 Å². The van der Waals surface area contributed by atoms with E-state index in [1.807, 2.05) is 31.2 Å². The van der Waals surface area contributed by atoms with Crippen molar-refractivity contribution in [2.24, 2.45) is 0 Å². The lowest BCUT2D eigenvalue weighted by Crippen LogP contribution is -2.02. The standard InChI is InChI=1S/C18H16INO/c1-12-2-5-14-11-15(6-9-17(14)20-12)18(21)10-13-3-7-16(19)8-4-13/h2-9,11,18,21H,10H2,1H3. The molecule has 0 bridgehead atoms. The first-order valence-electron chi connectivity index (χ1n) is 6.91. The quantitative estimate of drug-likeness (QED) is 0.673. The van der Waals surface area contributed by atoms with Crippen LogP contribution in [0.1, 0.15) is 22.9 Å². The number of hydrogen-bond acceptors (Lipinski definition) is 2. The van der Waals surface area contributed by atoms with Gasteiger partial charge in [-0.05, 0) is 71.0 Å². The molecule has 0 saturated heterocycles. The molecule has 3 rings (SSSR count). The Morgan fingerprint density at radius 1 is 1.05 bits per heavy atom. The number of fused-ring (bicyclic) bond motifs is 1. The van der Waals surface area contributed by atoms with E-state index in [-0.39, 0.29) is 0 Å². The molecule has 0 aliphatic heterocycles. The Morgan fingerprint density at radius 2 is 1.81 bits per heavy atom. The fraction of sp³-hybridized carbons (Fsp3) is 0.167. The molecule has 0 aliphatic rings. The molecule has 1 N–H and O–H groups in total. The highest BCUT2D eigenvalue weighted by molar-refractivity contribution is 14.1. The van der Waals surface area contributed by atoms with E-state index in [2.05, 4.69) is 57.9 Å². The van der Waals surface area contributed by atoms with Crippen LogP contribution in [0, 0.1) is 10.5 Å². The summed E-state index contributed by atoms with van der Waals surface area (Å²) in [5, 5.41) is 11.5. The van der Waals surface area contributed by atoms with Gasteiger partial charge >= 0.3 is 0 Å². The van der Waals surface area contributed by atoms with Crippen LogP contribution in [0.25, 0.3) is 10.9 Å². The zero-order chi connectivity index (χ0) is 14.8. The number of aromatic nitrogens is 1. The van der Waals surface area contributed by atoms with Gasteiger partial charge in [-0.3, -0.25) is 4.98 Å². The van der Waals surface area contributed by atoms with Crippen molar-refractivity contribution < 1.29 is 5.11 Å². The fourth-order valence-electron chi connectivity index (χ4n) is 2.41. The second-order valence-electron chi connectivity index (χ2n) is 5.25. The van der Waals surface area contributed by atoms with Crippen LogP contribution in [0.5, 0.6) is 0 Å². The van der Waals surface area contributed by atoms with E-state index in [1.54, 1.807) is 0 Å². The summed E-state index contributed by atoms with van der Waals surface area (Å²) >= 11 is 2.28. The molecule has 1 heterocycles. The number of aliphatic hydroxyl groups is 1. The van der Waals surface area contributed by atoms with E-state index >= 15 is 0 Å². The number of pyridine rings is 1. The molecule has 3 heteroatoms. The summed E-state index contributed by atoms with van der Waals surface area (Å²) < 4.78 is 1.21. The number of aliphatic hydroxyl groups excluding tert-OH is 1. The van der Waals surface area contributed by atoms with Crippen molar-refractivity contribution in [1.82, 2.24) is 4.98 Å². The molecule has 2 nitrogen and oxygen atoms in total. The Labute approximate surface area is 138 Å². The first kappa shape index (κ1) is 14.5. The summed E-state index contributed by atoms with van der Waals surface area (Å²) in [6.07, 6.45) is 0.137. The Hall–Kier alpha value is -1.46. The average molecular weight is 389 g/mol. The lowest BCUT2D eigenvalue weighted by molar-refractivity contribution is 0.178. The van der Waals surface area contributed by atoms with Gasteiger partial charge in [0, 0.05) is 21.1 Å². The van der Waals surface area contributed by atoms with Crippen molar-refractivity contribution in [2.45, 2.75) is 19.4 Å². The van der Waals surface area contributed by atoms with Crippen molar-refractivity contribution in [3.63, 3.8) is 0 Å². The monoisotopic (exact) mass is 389 g/mol. The zero-order valence-corrected chi connectivity index (χ0v) is 13.9. The predicted octanol–water partition coefficient (Wildman–Crippen LogP) is 4.42. The molecule has 1 unspecified atom stereocenters. The van der Waals surface area contributed by atoms with E-state index in [0.717, 1.165) is 27.7 Å². The molecule has 21 heavy (non-hydrogen) atoms. The topological polar surface area (TPSA) is 33.1 Å². The summed E-state index contributed by atoms with van der Waals surface area (Å²) in [6, 6.07) is 18.3. The van der Waals surface area contributed by atoms with Crippen molar-refractivity contribution >= 4 is 33.5 Å². The minimum atomic E-state index is -0.490. The third kappa shape index (κ3) is 3.41. The minimum Gasteiger partial charge on any atom is -0.388 e. The minimum absolute atomic E-state index is 0.490. The van der Waals surface area contributed by atoms with E-state index in [1.165, 1.54) is 3.57 Å². The number of nitrogens with zero attached hydrogens (tertiary/aromatic N) is 1. The van der Waals surface area contributed by atoms with Gasteiger partial charge in [-0.1, -0.05) is 24.3 Å². The van der Waals surface area contributed by atoms with Gasteiger partial charge in [0.05, 0.1) is 11.6 Å². The number of aryl methyl sites for hydroxylation is 1. The molecule has 3 aromatic rings. The number of benzene rings is 2. The van der Waals surface area contributed by atoms with Crippen LogP contribution in [0.3, 0.4) is 0 Å². The Morgan fingerprint density at radius 3 is 2.57 bits per heavy atom. The lowest BCUT2D eigenvalue weighted by Gasteiger charge is -2.12. The van der Waals surface area contributed by atoms with Gasteiger partial charge in [-0.2, -0.15) is 0 Å². The third-order valence-electron chi connectivity index (χ3n) is 3.58. The highest BCUT2D eigenvalue weighted by atomic mass is 127. The Kier molecular flexibility index (Phi) is 4.22. The van der Waals surface area contributed by atoms with Crippen LogP contribution in [-0.4, -0.2) is 10.1 Å². The second kappa shape index (κ2) is 6.12. The Bertz CT molecular complexity index is 768. The highest BCUT2D eigenvalue weighted by Gasteiger charge is 2.09. The normalized spacial score (nSPS) is 12.5. The van der Waals surface area contributed by atoms with Gasteiger partial charge in [0.25, 0.3) is 0 Å². The van der Waals surface area contributed by atoms with Gasteiger partial charge in [0.15, 0.2) is 0 Å².